The summed E-state index contributed by atoms with van der Waals surface area (Å²) >= 11 is 0. The molecule has 0 radical (unpaired) electrons. The predicted octanol–water partition coefficient (Wildman–Crippen LogP) is 2.42. The molecule has 0 amide bonds. The highest BCUT2D eigenvalue weighted by Crippen LogP contribution is 2.42. The Balaban J connectivity index is 1.70. The third kappa shape index (κ3) is 3.09. The smallest absolute Gasteiger partial charge is 0.314 e. The van der Waals surface area contributed by atoms with E-state index < -0.39 is 11.9 Å². The highest BCUT2D eigenvalue weighted by Gasteiger charge is 2.47. The molecule has 4 nitrogen and oxygen atoms in total. The van der Waals surface area contributed by atoms with Gasteiger partial charge in [0, 0.05) is 30.6 Å². The summed E-state index contributed by atoms with van der Waals surface area (Å²) < 4.78 is 0. The van der Waals surface area contributed by atoms with Gasteiger partial charge in [-0.2, -0.15) is 0 Å². The van der Waals surface area contributed by atoms with E-state index >= 15 is 0 Å². The van der Waals surface area contributed by atoms with Crippen LogP contribution in [0.2, 0.25) is 0 Å². The minimum absolute atomic E-state index is 0.301. The van der Waals surface area contributed by atoms with E-state index in [1.807, 2.05) is 18.2 Å². The van der Waals surface area contributed by atoms with E-state index in [0.717, 1.165) is 26.1 Å². The van der Waals surface area contributed by atoms with Crippen LogP contribution in [-0.2, 0) is 11.3 Å². The zero-order valence-electron chi connectivity index (χ0n) is 13.5. The molecule has 0 aromatic heterocycles. The van der Waals surface area contributed by atoms with Crippen molar-refractivity contribution in [2.75, 3.05) is 13.1 Å². The van der Waals surface area contributed by atoms with E-state index in [9.17, 15) is 4.79 Å². The lowest BCUT2D eigenvalue weighted by Gasteiger charge is -2.41. The molecule has 23 heavy (non-hydrogen) atoms. The third-order valence-corrected chi connectivity index (χ3v) is 5.29. The number of likely N-dealkylation sites (tertiary alicyclic amines) is 1. The molecule has 3 rings (SSSR count). The fourth-order valence-electron chi connectivity index (χ4n) is 3.55. The lowest BCUT2D eigenvalue weighted by Crippen LogP contribution is -2.54. The summed E-state index contributed by atoms with van der Waals surface area (Å²) in [5, 5.41) is 9.10. The summed E-state index contributed by atoms with van der Waals surface area (Å²) in [6.45, 7) is 4.78. The second-order valence-electron chi connectivity index (χ2n) is 6.97. The number of hydrogen-bond donors (Lipinski definition) is 2. The van der Waals surface area contributed by atoms with Crippen molar-refractivity contribution in [1.29, 1.82) is 0 Å². The number of carbonyl (C=O) groups is 1. The zero-order chi connectivity index (χ0) is 16.5. The average Bonchev–Trinajstić information content (AvgIpc) is 2.92. The van der Waals surface area contributed by atoms with Crippen LogP contribution in [0.25, 0.3) is 0 Å². The van der Waals surface area contributed by atoms with Gasteiger partial charge in [0.05, 0.1) is 5.92 Å². The Morgan fingerprint density at radius 2 is 1.96 bits per heavy atom. The average molecular weight is 312 g/mol. The third-order valence-electron chi connectivity index (χ3n) is 5.29. The van der Waals surface area contributed by atoms with E-state index in [0.29, 0.717) is 0 Å². The molecule has 1 unspecified atom stereocenters. The van der Waals surface area contributed by atoms with Crippen LogP contribution in [0.5, 0.6) is 0 Å². The molecule has 122 valence electrons. The fraction of sp³-hybridized carbons (Fsp3) is 0.421. The van der Waals surface area contributed by atoms with Gasteiger partial charge in [0.25, 0.3) is 0 Å². The van der Waals surface area contributed by atoms with Crippen molar-refractivity contribution in [3.05, 3.63) is 60.2 Å². The second-order valence-corrected chi connectivity index (χ2v) is 6.97. The van der Waals surface area contributed by atoms with Crippen LogP contribution in [0.15, 0.2) is 54.6 Å². The predicted molar refractivity (Wildman–Crippen MR) is 90.8 cm³/mol. The van der Waals surface area contributed by atoms with Crippen LogP contribution in [0.3, 0.4) is 0 Å². The number of benzene rings is 1. The molecule has 0 bridgehead atoms. The van der Waals surface area contributed by atoms with Crippen LogP contribution >= 0.6 is 0 Å². The molecule has 0 saturated carbocycles. The van der Waals surface area contributed by atoms with Gasteiger partial charge in [0.15, 0.2) is 0 Å². The van der Waals surface area contributed by atoms with E-state index in [1.165, 1.54) is 5.56 Å². The highest BCUT2D eigenvalue weighted by atomic mass is 16.4. The summed E-state index contributed by atoms with van der Waals surface area (Å²) in [5.41, 5.74) is 7.37. The molecule has 1 heterocycles. The Morgan fingerprint density at radius 3 is 2.57 bits per heavy atom. The number of carboxylic acids is 1. The van der Waals surface area contributed by atoms with Gasteiger partial charge in [-0.25, -0.2) is 0 Å². The lowest BCUT2D eigenvalue weighted by atomic mass is 9.68. The van der Waals surface area contributed by atoms with Crippen LogP contribution < -0.4 is 5.73 Å². The first-order valence-electron chi connectivity index (χ1n) is 8.09. The van der Waals surface area contributed by atoms with Gasteiger partial charge in [0.2, 0.25) is 0 Å². The number of rotatable bonds is 4. The lowest BCUT2D eigenvalue weighted by molar-refractivity contribution is -0.138. The molecule has 1 aromatic carbocycles. The SMILES string of the molecule is CC1(C2(N)CCN(Cc3ccccc3)C2)C=CC(C(=O)O)C=C1. The van der Waals surface area contributed by atoms with Gasteiger partial charge >= 0.3 is 5.97 Å². The Hall–Kier alpha value is -1.91. The molecule has 1 atom stereocenters. The zero-order valence-corrected chi connectivity index (χ0v) is 13.5. The number of nitrogens with zero attached hydrogens (tertiary/aromatic N) is 1. The van der Waals surface area contributed by atoms with Gasteiger partial charge in [0.1, 0.15) is 0 Å². The van der Waals surface area contributed by atoms with Gasteiger partial charge in [-0.3, -0.25) is 9.69 Å². The number of carboxylic acid groups (broad SMARTS) is 1. The minimum atomic E-state index is -0.817. The molecule has 0 spiro atoms. The molecule has 1 fully saturated rings. The summed E-state index contributed by atoms with van der Waals surface area (Å²) in [5.74, 6) is -1.35. The van der Waals surface area contributed by atoms with Gasteiger partial charge in [-0.1, -0.05) is 61.6 Å². The van der Waals surface area contributed by atoms with Gasteiger partial charge < -0.3 is 10.8 Å². The van der Waals surface area contributed by atoms with Crippen molar-refractivity contribution in [2.45, 2.75) is 25.4 Å². The largest absolute Gasteiger partial charge is 0.481 e. The Kier molecular flexibility index (Phi) is 4.13. The summed E-state index contributed by atoms with van der Waals surface area (Å²) in [7, 11) is 0. The van der Waals surface area contributed by atoms with Crippen molar-refractivity contribution in [3.8, 4) is 0 Å². The molecule has 4 heteroatoms. The fourth-order valence-corrected chi connectivity index (χ4v) is 3.55. The maximum Gasteiger partial charge on any atom is 0.314 e. The number of nitrogens with two attached hydrogens (primary N) is 1. The van der Waals surface area contributed by atoms with E-state index in [1.54, 1.807) is 12.2 Å². The summed E-state index contributed by atoms with van der Waals surface area (Å²) in [6.07, 6.45) is 8.39. The molecule has 3 N–H and O–H groups in total. The van der Waals surface area contributed by atoms with Crippen molar-refractivity contribution in [1.82, 2.24) is 4.90 Å². The number of aliphatic carboxylic acids is 1. The molecular formula is C19H24N2O2. The molecule has 2 aliphatic rings. The Morgan fingerprint density at radius 1 is 1.30 bits per heavy atom. The molecule has 1 saturated heterocycles. The quantitative estimate of drug-likeness (QED) is 0.838. The topological polar surface area (TPSA) is 66.6 Å². The first-order chi connectivity index (χ1) is 10.9. The maximum atomic E-state index is 11.1. The normalized spacial score (nSPS) is 33.9. The monoisotopic (exact) mass is 312 g/mol. The molecule has 1 aliphatic heterocycles. The first-order valence-corrected chi connectivity index (χ1v) is 8.09. The Labute approximate surface area is 137 Å². The van der Waals surface area contributed by atoms with Crippen molar-refractivity contribution >= 4 is 5.97 Å². The van der Waals surface area contributed by atoms with E-state index in [2.05, 4.69) is 36.1 Å². The van der Waals surface area contributed by atoms with Crippen LogP contribution in [-0.4, -0.2) is 34.6 Å². The molecule has 1 aliphatic carbocycles. The maximum absolute atomic E-state index is 11.1. The first kappa shape index (κ1) is 16.0. The highest BCUT2D eigenvalue weighted by molar-refractivity contribution is 5.75. The van der Waals surface area contributed by atoms with Crippen LogP contribution in [0.1, 0.15) is 18.9 Å². The van der Waals surface area contributed by atoms with E-state index in [-0.39, 0.29) is 11.0 Å². The van der Waals surface area contributed by atoms with E-state index in [4.69, 9.17) is 10.8 Å². The molecule has 1 aromatic rings. The van der Waals surface area contributed by atoms with Gasteiger partial charge in [-0.05, 0) is 12.0 Å². The van der Waals surface area contributed by atoms with Crippen molar-refractivity contribution < 1.29 is 9.90 Å². The summed E-state index contributed by atoms with van der Waals surface area (Å²) in [6, 6.07) is 10.4. The van der Waals surface area contributed by atoms with Crippen molar-refractivity contribution in [2.24, 2.45) is 17.1 Å². The van der Waals surface area contributed by atoms with Gasteiger partial charge in [-0.15, -0.1) is 0 Å². The molecular weight excluding hydrogens is 288 g/mol. The Bertz CT molecular complexity index is 624. The van der Waals surface area contributed by atoms with Crippen LogP contribution in [0.4, 0.5) is 0 Å². The minimum Gasteiger partial charge on any atom is -0.481 e. The summed E-state index contributed by atoms with van der Waals surface area (Å²) in [4.78, 5) is 13.5. The van der Waals surface area contributed by atoms with Crippen LogP contribution in [0, 0.1) is 11.3 Å². The second kappa shape index (κ2) is 5.95. The number of hydrogen-bond acceptors (Lipinski definition) is 3. The standard InChI is InChI=1S/C19H24N2O2/c1-18(9-7-16(8-10-18)17(22)23)19(20)11-12-21(14-19)13-15-5-3-2-4-6-15/h2-10,16H,11-14,20H2,1H3,(H,22,23). The van der Waals surface area contributed by atoms with Crippen molar-refractivity contribution in [3.63, 3.8) is 0 Å².